The fourth-order valence-electron chi connectivity index (χ4n) is 3.49. The maximum atomic E-state index is 11.7. The van der Waals surface area contributed by atoms with E-state index in [0.717, 1.165) is 11.1 Å². The number of non-ortho nitro benzene ring substituents is 1. The van der Waals surface area contributed by atoms with Crippen LogP contribution in [0.15, 0.2) is 53.3 Å². The van der Waals surface area contributed by atoms with Gasteiger partial charge in [-0.3, -0.25) is 10.1 Å². The van der Waals surface area contributed by atoms with E-state index in [4.69, 9.17) is 4.52 Å². The molecular formula is C20H18N4O3. The minimum absolute atomic E-state index is 0.0178. The standard InChI is InChI=1S/C20H18N4O3/c1-12-19(14(3)27-22-12)16-9-17-20(18(10-16)24(25)26)21-11-23(17)13(2)15-7-5-4-6-8-15/h4-11,13H,1-3H3. The normalized spacial score (nSPS) is 12.4. The third-order valence-corrected chi connectivity index (χ3v) is 4.88. The van der Waals surface area contributed by atoms with Gasteiger partial charge in [0.15, 0.2) is 5.52 Å². The fourth-order valence-corrected chi connectivity index (χ4v) is 3.49. The highest BCUT2D eigenvalue weighted by molar-refractivity contribution is 5.91. The first-order chi connectivity index (χ1) is 13.0. The molecule has 1 atom stereocenters. The summed E-state index contributed by atoms with van der Waals surface area (Å²) in [4.78, 5) is 15.6. The SMILES string of the molecule is Cc1noc(C)c1-c1cc([N+](=O)[O-])c2ncn(C(C)c3ccccc3)c2c1. The van der Waals surface area contributed by atoms with Gasteiger partial charge in [-0.05, 0) is 38.0 Å². The summed E-state index contributed by atoms with van der Waals surface area (Å²) in [5, 5.41) is 15.6. The van der Waals surface area contributed by atoms with E-state index < -0.39 is 4.92 Å². The van der Waals surface area contributed by atoms with Gasteiger partial charge >= 0.3 is 0 Å². The highest BCUT2D eigenvalue weighted by Gasteiger charge is 2.23. The van der Waals surface area contributed by atoms with Gasteiger partial charge in [0.1, 0.15) is 5.76 Å². The van der Waals surface area contributed by atoms with E-state index >= 15 is 0 Å². The van der Waals surface area contributed by atoms with E-state index in [1.807, 2.05) is 54.8 Å². The molecule has 0 bridgehead atoms. The van der Waals surface area contributed by atoms with E-state index in [2.05, 4.69) is 10.1 Å². The van der Waals surface area contributed by atoms with Crippen molar-refractivity contribution in [3.8, 4) is 11.1 Å². The zero-order valence-corrected chi connectivity index (χ0v) is 15.2. The molecule has 7 nitrogen and oxygen atoms in total. The van der Waals surface area contributed by atoms with Gasteiger partial charge in [0.05, 0.1) is 28.5 Å². The molecule has 0 aliphatic carbocycles. The number of rotatable bonds is 4. The first kappa shape index (κ1) is 17.0. The summed E-state index contributed by atoms with van der Waals surface area (Å²) in [5.41, 5.74) is 4.33. The molecule has 27 heavy (non-hydrogen) atoms. The van der Waals surface area contributed by atoms with Gasteiger partial charge in [-0.15, -0.1) is 0 Å². The number of hydrogen-bond donors (Lipinski definition) is 0. The average molecular weight is 362 g/mol. The number of nitro benzene ring substituents is 1. The third-order valence-electron chi connectivity index (χ3n) is 4.88. The van der Waals surface area contributed by atoms with Crippen molar-refractivity contribution >= 4 is 16.7 Å². The highest BCUT2D eigenvalue weighted by Crippen LogP contribution is 2.36. The van der Waals surface area contributed by atoms with Crippen LogP contribution in [0.1, 0.15) is 30.0 Å². The molecule has 4 aromatic rings. The number of nitrogens with zero attached hydrogens (tertiary/aromatic N) is 4. The molecule has 2 aromatic heterocycles. The summed E-state index contributed by atoms with van der Waals surface area (Å²) in [6.07, 6.45) is 1.66. The van der Waals surface area contributed by atoms with Crippen LogP contribution in [0.2, 0.25) is 0 Å². The number of nitro groups is 1. The number of imidazole rings is 1. The molecule has 0 aliphatic heterocycles. The Bertz CT molecular complexity index is 1130. The van der Waals surface area contributed by atoms with Crippen LogP contribution >= 0.6 is 0 Å². The van der Waals surface area contributed by atoms with E-state index in [1.165, 1.54) is 0 Å². The predicted octanol–water partition coefficient (Wildman–Crippen LogP) is 4.83. The van der Waals surface area contributed by atoms with Crippen molar-refractivity contribution in [3.63, 3.8) is 0 Å². The topological polar surface area (TPSA) is 87.0 Å². The van der Waals surface area contributed by atoms with E-state index in [1.54, 1.807) is 19.3 Å². The van der Waals surface area contributed by atoms with Crippen molar-refractivity contribution in [1.29, 1.82) is 0 Å². The second-order valence-corrected chi connectivity index (χ2v) is 6.56. The zero-order valence-electron chi connectivity index (χ0n) is 15.2. The molecule has 0 saturated carbocycles. The van der Waals surface area contributed by atoms with Crippen LogP contribution < -0.4 is 0 Å². The van der Waals surface area contributed by atoms with Crippen molar-refractivity contribution in [2.75, 3.05) is 0 Å². The molecule has 0 N–H and O–H groups in total. The summed E-state index contributed by atoms with van der Waals surface area (Å²) in [6.45, 7) is 5.67. The second kappa shape index (κ2) is 6.35. The molecular weight excluding hydrogens is 344 g/mol. The van der Waals surface area contributed by atoms with Crippen molar-refractivity contribution in [1.82, 2.24) is 14.7 Å². The van der Waals surface area contributed by atoms with Gasteiger partial charge in [-0.1, -0.05) is 35.5 Å². The lowest BCUT2D eigenvalue weighted by molar-refractivity contribution is -0.383. The van der Waals surface area contributed by atoms with Gasteiger partial charge in [0, 0.05) is 11.6 Å². The minimum atomic E-state index is -0.394. The Balaban J connectivity index is 1.97. The Morgan fingerprint density at radius 1 is 1.19 bits per heavy atom. The quantitative estimate of drug-likeness (QED) is 0.383. The number of aromatic nitrogens is 3. The smallest absolute Gasteiger partial charge is 0.297 e. The lowest BCUT2D eigenvalue weighted by atomic mass is 10.0. The molecule has 2 aromatic carbocycles. The molecule has 0 radical (unpaired) electrons. The summed E-state index contributed by atoms with van der Waals surface area (Å²) < 4.78 is 7.21. The summed E-state index contributed by atoms with van der Waals surface area (Å²) >= 11 is 0. The first-order valence-electron chi connectivity index (χ1n) is 8.60. The van der Waals surface area contributed by atoms with Gasteiger partial charge in [0.25, 0.3) is 5.69 Å². The van der Waals surface area contributed by atoms with Crippen molar-refractivity contribution < 1.29 is 9.45 Å². The largest absolute Gasteiger partial charge is 0.361 e. The molecule has 2 heterocycles. The van der Waals surface area contributed by atoms with Crippen molar-refractivity contribution in [3.05, 3.63) is 75.9 Å². The predicted molar refractivity (Wildman–Crippen MR) is 102 cm³/mol. The minimum Gasteiger partial charge on any atom is -0.361 e. The Labute approximate surface area is 155 Å². The fraction of sp³-hybridized carbons (Fsp3) is 0.200. The van der Waals surface area contributed by atoms with E-state index in [-0.39, 0.29) is 11.7 Å². The lowest BCUT2D eigenvalue weighted by Gasteiger charge is -2.15. The van der Waals surface area contributed by atoms with Gasteiger partial charge < -0.3 is 9.09 Å². The molecule has 136 valence electrons. The van der Waals surface area contributed by atoms with Crippen LogP contribution in [0.5, 0.6) is 0 Å². The maximum Gasteiger partial charge on any atom is 0.297 e. The van der Waals surface area contributed by atoms with Crippen LogP contribution in [0, 0.1) is 24.0 Å². The molecule has 0 spiro atoms. The van der Waals surface area contributed by atoms with Crippen molar-refractivity contribution in [2.24, 2.45) is 0 Å². The summed E-state index contributed by atoms with van der Waals surface area (Å²) in [6, 6.07) is 13.4. The first-order valence-corrected chi connectivity index (χ1v) is 8.60. The van der Waals surface area contributed by atoms with E-state index in [0.29, 0.717) is 28.1 Å². The van der Waals surface area contributed by atoms with Crippen LogP contribution in [0.4, 0.5) is 5.69 Å². The number of benzene rings is 2. The molecule has 1 unspecified atom stereocenters. The lowest BCUT2D eigenvalue weighted by Crippen LogP contribution is -2.05. The average Bonchev–Trinajstić information content (AvgIpc) is 3.24. The number of aryl methyl sites for hydroxylation is 2. The summed E-state index contributed by atoms with van der Waals surface area (Å²) in [5.74, 6) is 0.628. The molecule has 0 aliphatic rings. The zero-order chi connectivity index (χ0) is 19.1. The Morgan fingerprint density at radius 3 is 2.56 bits per heavy atom. The van der Waals surface area contributed by atoms with Gasteiger partial charge in [-0.25, -0.2) is 4.98 Å². The molecule has 0 fully saturated rings. The van der Waals surface area contributed by atoms with Crippen LogP contribution in [0.25, 0.3) is 22.2 Å². The van der Waals surface area contributed by atoms with Gasteiger partial charge in [0.2, 0.25) is 0 Å². The number of fused-ring (bicyclic) bond motifs is 1. The van der Waals surface area contributed by atoms with Crippen molar-refractivity contribution in [2.45, 2.75) is 26.8 Å². The Kier molecular flexibility index (Phi) is 3.99. The van der Waals surface area contributed by atoms with Crippen LogP contribution in [0.3, 0.4) is 0 Å². The molecule has 4 rings (SSSR count). The van der Waals surface area contributed by atoms with Crippen LogP contribution in [-0.2, 0) is 0 Å². The van der Waals surface area contributed by atoms with Gasteiger partial charge in [-0.2, -0.15) is 0 Å². The Morgan fingerprint density at radius 2 is 1.93 bits per heavy atom. The maximum absolute atomic E-state index is 11.7. The third kappa shape index (κ3) is 2.77. The second-order valence-electron chi connectivity index (χ2n) is 6.56. The van der Waals surface area contributed by atoms with E-state index in [9.17, 15) is 10.1 Å². The van der Waals surface area contributed by atoms with Crippen LogP contribution in [-0.4, -0.2) is 19.6 Å². The molecule has 0 amide bonds. The summed E-state index contributed by atoms with van der Waals surface area (Å²) in [7, 11) is 0. The molecule has 7 heteroatoms. The number of hydrogen-bond acceptors (Lipinski definition) is 5. The Hall–Kier alpha value is -3.48. The highest BCUT2D eigenvalue weighted by atomic mass is 16.6. The molecule has 0 saturated heterocycles. The monoisotopic (exact) mass is 362 g/mol.